The molecule has 0 saturated heterocycles. The highest BCUT2D eigenvalue weighted by molar-refractivity contribution is 9.12. The largest absolute Gasteiger partial charge is 0.460 e. The Morgan fingerprint density at radius 2 is 2.05 bits per heavy atom. The molecule has 0 aromatic heterocycles. The molecule has 1 heterocycles. The number of ether oxygens (including phenoxy) is 1. The number of carbonyl (C=O) groups is 1. The first-order chi connectivity index (χ1) is 10.4. The summed E-state index contributed by atoms with van der Waals surface area (Å²) in [4.78, 5) is 13.8. The summed E-state index contributed by atoms with van der Waals surface area (Å²) in [6.45, 7) is 1.85. The zero-order valence-corrected chi connectivity index (χ0v) is 14.2. The van der Waals surface area contributed by atoms with Gasteiger partial charge in [-0.15, -0.1) is 0 Å². The SMILES string of the molecule is Cc1ccc(S(=O)(=O)N(CC#CBr)[C@H]2C=CC(=O)OC2)cc1. The molecule has 2 rings (SSSR count). The number of benzene rings is 1. The number of carbonyl (C=O) groups excluding carboxylic acids is 1. The molecule has 22 heavy (non-hydrogen) atoms. The van der Waals surface area contributed by atoms with Gasteiger partial charge in [-0.25, -0.2) is 13.2 Å². The Kier molecular flexibility index (Phi) is 5.40. The van der Waals surface area contributed by atoms with Crippen LogP contribution in [0.3, 0.4) is 0 Å². The molecular formula is C15H14BrNO4S. The maximum Gasteiger partial charge on any atom is 0.330 e. The van der Waals surface area contributed by atoms with Crippen molar-refractivity contribution in [3.05, 3.63) is 42.0 Å². The Bertz CT molecular complexity index is 744. The van der Waals surface area contributed by atoms with E-state index < -0.39 is 22.0 Å². The molecule has 0 radical (unpaired) electrons. The summed E-state index contributed by atoms with van der Waals surface area (Å²) >= 11 is 2.96. The van der Waals surface area contributed by atoms with E-state index in [0.717, 1.165) is 5.56 Å². The topological polar surface area (TPSA) is 63.7 Å². The first-order valence-corrected chi connectivity index (χ1v) is 8.70. The van der Waals surface area contributed by atoms with E-state index in [1.807, 2.05) is 6.92 Å². The summed E-state index contributed by atoms with van der Waals surface area (Å²) in [6, 6.07) is 6.00. The summed E-state index contributed by atoms with van der Waals surface area (Å²) in [5, 5.41) is 0. The second-order valence-electron chi connectivity index (χ2n) is 4.69. The van der Waals surface area contributed by atoms with Crippen LogP contribution in [0.15, 0.2) is 41.3 Å². The molecule has 0 N–H and O–H groups in total. The lowest BCUT2D eigenvalue weighted by Crippen LogP contribution is -2.43. The van der Waals surface area contributed by atoms with Gasteiger partial charge in [0.15, 0.2) is 0 Å². The fourth-order valence-corrected chi connectivity index (χ4v) is 3.57. The molecule has 1 aromatic carbocycles. The lowest BCUT2D eigenvalue weighted by molar-refractivity contribution is -0.139. The van der Waals surface area contributed by atoms with Crippen molar-refractivity contribution in [2.75, 3.05) is 13.2 Å². The van der Waals surface area contributed by atoms with Crippen molar-refractivity contribution in [1.29, 1.82) is 0 Å². The maximum atomic E-state index is 12.8. The molecule has 0 bridgehead atoms. The van der Waals surface area contributed by atoms with Crippen molar-refractivity contribution in [3.8, 4) is 10.8 Å². The summed E-state index contributed by atoms with van der Waals surface area (Å²) in [6.07, 6.45) is 2.75. The van der Waals surface area contributed by atoms with E-state index in [0.29, 0.717) is 0 Å². The number of rotatable bonds is 4. The molecule has 1 aliphatic heterocycles. The van der Waals surface area contributed by atoms with E-state index in [1.165, 1.54) is 16.5 Å². The van der Waals surface area contributed by atoms with E-state index in [1.54, 1.807) is 24.3 Å². The molecule has 0 saturated carbocycles. The average molecular weight is 384 g/mol. The minimum Gasteiger partial charge on any atom is -0.460 e. The minimum absolute atomic E-state index is 0.00594. The summed E-state index contributed by atoms with van der Waals surface area (Å²) < 4.78 is 31.7. The average Bonchev–Trinajstić information content (AvgIpc) is 2.49. The Labute approximate surface area is 138 Å². The molecular weight excluding hydrogens is 370 g/mol. The van der Waals surface area contributed by atoms with Crippen LogP contribution >= 0.6 is 15.9 Å². The Morgan fingerprint density at radius 1 is 1.36 bits per heavy atom. The van der Waals surface area contributed by atoms with Crippen molar-refractivity contribution < 1.29 is 17.9 Å². The highest BCUT2D eigenvalue weighted by Crippen LogP contribution is 2.20. The maximum absolute atomic E-state index is 12.8. The van der Waals surface area contributed by atoms with Gasteiger partial charge < -0.3 is 4.74 Å². The third-order valence-corrected chi connectivity index (χ3v) is 5.32. The van der Waals surface area contributed by atoms with Crippen molar-refractivity contribution in [2.45, 2.75) is 17.9 Å². The zero-order chi connectivity index (χ0) is 16.2. The van der Waals surface area contributed by atoms with Crippen LogP contribution in [0.25, 0.3) is 0 Å². The Morgan fingerprint density at radius 3 is 2.59 bits per heavy atom. The van der Waals surface area contributed by atoms with Crippen LogP contribution < -0.4 is 0 Å². The molecule has 1 aliphatic rings. The van der Waals surface area contributed by atoms with Crippen molar-refractivity contribution >= 4 is 31.9 Å². The number of halogens is 1. The molecule has 0 spiro atoms. The van der Waals surface area contributed by atoms with E-state index in [-0.39, 0.29) is 18.0 Å². The molecule has 0 amide bonds. The number of hydrogen-bond acceptors (Lipinski definition) is 4. The lowest BCUT2D eigenvalue weighted by atomic mass is 10.2. The van der Waals surface area contributed by atoms with Gasteiger partial charge in [-0.1, -0.05) is 29.7 Å². The number of aryl methyl sites for hydroxylation is 1. The van der Waals surface area contributed by atoms with Gasteiger partial charge in [-0.05, 0) is 23.9 Å². The van der Waals surface area contributed by atoms with E-state index in [9.17, 15) is 13.2 Å². The molecule has 7 heteroatoms. The second kappa shape index (κ2) is 7.09. The fraction of sp³-hybridized carbons (Fsp3) is 0.267. The number of nitrogens with zero attached hydrogens (tertiary/aromatic N) is 1. The second-order valence-corrected chi connectivity index (χ2v) is 6.98. The normalized spacial score (nSPS) is 17.8. The Balaban J connectivity index is 2.38. The van der Waals surface area contributed by atoms with Gasteiger partial charge in [0.2, 0.25) is 10.0 Å². The van der Waals surface area contributed by atoms with Crippen molar-refractivity contribution in [3.63, 3.8) is 0 Å². The Hall–Kier alpha value is -1.62. The number of hydrogen-bond donors (Lipinski definition) is 0. The van der Waals surface area contributed by atoms with Gasteiger partial charge in [0.1, 0.15) is 6.61 Å². The van der Waals surface area contributed by atoms with Crippen LogP contribution in [0.4, 0.5) is 0 Å². The van der Waals surface area contributed by atoms with Crippen LogP contribution in [0.2, 0.25) is 0 Å². The van der Waals surface area contributed by atoms with Crippen LogP contribution in [0, 0.1) is 17.7 Å². The predicted octanol–water partition coefficient (Wildman–Crippen LogP) is 1.82. The van der Waals surface area contributed by atoms with E-state index in [2.05, 4.69) is 26.7 Å². The third kappa shape index (κ3) is 3.77. The molecule has 0 aliphatic carbocycles. The molecule has 1 aromatic rings. The van der Waals surface area contributed by atoms with Gasteiger partial charge >= 0.3 is 5.97 Å². The van der Waals surface area contributed by atoms with Crippen molar-refractivity contribution in [1.82, 2.24) is 4.31 Å². The number of esters is 1. The van der Waals surface area contributed by atoms with Gasteiger partial charge in [-0.3, -0.25) is 0 Å². The van der Waals surface area contributed by atoms with E-state index in [4.69, 9.17) is 4.74 Å². The van der Waals surface area contributed by atoms with Crippen LogP contribution in [-0.4, -0.2) is 37.9 Å². The predicted molar refractivity (Wildman–Crippen MR) is 85.7 cm³/mol. The lowest BCUT2D eigenvalue weighted by Gasteiger charge is -2.28. The zero-order valence-electron chi connectivity index (χ0n) is 11.8. The van der Waals surface area contributed by atoms with Crippen molar-refractivity contribution in [2.24, 2.45) is 0 Å². The van der Waals surface area contributed by atoms with Gasteiger partial charge in [0, 0.05) is 22.0 Å². The van der Waals surface area contributed by atoms with Crippen LogP contribution in [0.5, 0.6) is 0 Å². The first kappa shape index (κ1) is 16.7. The summed E-state index contributed by atoms with van der Waals surface area (Å²) in [5.74, 6) is 2.21. The smallest absolute Gasteiger partial charge is 0.330 e. The minimum atomic E-state index is -3.74. The number of cyclic esters (lactones) is 1. The standard InChI is InChI=1S/C15H14BrNO4S/c1-12-3-6-14(7-4-12)22(19,20)17(10-2-9-16)13-5-8-15(18)21-11-13/h3-8,13H,10-11H2,1H3/t13-/m0/s1. The molecule has 0 fully saturated rings. The third-order valence-electron chi connectivity index (χ3n) is 3.15. The quantitative estimate of drug-likeness (QED) is 0.587. The first-order valence-electron chi connectivity index (χ1n) is 6.47. The van der Waals surface area contributed by atoms with Crippen LogP contribution in [0.1, 0.15) is 5.56 Å². The van der Waals surface area contributed by atoms with Gasteiger partial charge in [0.25, 0.3) is 0 Å². The van der Waals surface area contributed by atoms with Crippen LogP contribution in [-0.2, 0) is 19.6 Å². The molecule has 1 atom stereocenters. The van der Waals surface area contributed by atoms with Gasteiger partial charge in [-0.2, -0.15) is 4.31 Å². The summed E-state index contributed by atoms with van der Waals surface area (Å²) in [7, 11) is -3.74. The van der Waals surface area contributed by atoms with Gasteiger partial charge in [0.05, 0.1) is 17.5 Å². The molecule has 116 valence electrons. The number of sulfonamides is 1. The highest BCUT2D eigenvalue weighted by atomic mass is 79.9. The highest BCUT2D eigenvalue weighted by Gasteiger charge is 2.32. The van der Waals surface area contributed by atoms with E-state index >= 15 is 0 Å². The molecule has 5 nitrogen and oxygen atoms in total. The monoisotopic (exact) mass is 383 g/mol. The summed E-state index contributed by atoms with van der Waals surface area (Å²) in [5.41, 5.74) is 0.970. The molecule has 0 unspecified atom stereocenters. The fourth-order valence-electron chi connectivity index (χ4n) is 1.97.